The highest BCUT2D eigenvalue weighted by atomic mass is 15.2. The summed E-state index contributed by atoms with van der Waals surface area (Å²) in [5.41, 5.74) is 6.87. The fourth-order valence-electron chi connectivity index (χ4n) is 1.91. The van der Waals surface area contributed by atoms with Crippen LogP contribution in [0.25, 0.3) is 0 Å². The molecule has 0 saturated heterocycles. The van der Waals surface area contributed by atoms with Crippen LogP contribution in [0.2, 0.25) is 0 Å². The van der Waals surface area contributed by atoms with Crippen molar-refractivity contribution >= 4 is 0 Å². The minimum absolute atomic E-state index is 0.311. The van der Waals surface area contributed by atoms with E-state index in [1.807, 2.05) is 0 Å². The van der Waals surface area contributed by atoms with Crippen LogP contribution in [0.15, 0.2) is 18.2 Å². The van der Waals surface area contributed by atoms with E-state index in [-0.39, 0.29) is 0 Å². The Kier molecular flexibility index (Phi) is 5.76. The maximum atomic E-state index is 5.57. The second-order valence-electron chi connectivity index (χ2n) is 4.58. The lowest BCUT2D eigenvalue weighted by Crippen LogP contribution is -2.36. The number of hydrazine groups is 1. The van der Waals surface area contributed by atoms with Crippen LogP contribution in [-0.2, 0) is 6.42 Å². The molecular weight excluding hydrogens is 208 g/mol. The van der Waals surface area contributed by atoms with Gasteiger partial charge in [0.05, 0.1) is 0 Å². The second-order valence-corrected chi connectivity index (χ2v) is 4.58. The third-order valence-electron chi connectivity index (χ3n) is 3.16. The molecule has 0 amide bonds. The molecule has 2 heteroatoms. The zero-order valence-electron chi connectivity index (χ0n) is 10.8. The Bertz CT molecular complexity index is 390. The molecular formula is C15H22N2. The number of hydrogen-bond acceptors (Lipinski definition) is 2. The van der Waals surface area contributed by atoms with Crippen LogP contribution in [0.4, 0.5) is 0 Å². The van der Waals surface area contributed by atoms with Gasteiger partial charge < -0.3 is 0 Å². The van der Waals surface area contributed by atoms with E-state index in [0.717, 1.165) is 25.7 Å². The summed E-state index contributed by atoms with van der Waals surface area (Å²) in [5.74, 6) is 8.23. The number of benzene rings is 1. The van der Waals surface area contributed by atoms with Crippen LogP contribution in [-0.4, -0.2) is 6.04 Å². The predicted molar refractivity (Wildman–Crippen MR) is 73.4 cm³/mol. The number of rotatable bonds is 6. The smallest absolute Gasteiger partial charge is 0.0251 e. The number of nitrogens with one attached hydrogen (secondary N) is 1. The van der Waals surface area contributed by atoms with Crippen molar-refractivity contribution in [3.63, 3.8) is 0 Å². The Labute approximate surface area is 105 Å². The molecule has 17 heavy (non-hydrogen) atoms. The monoisotopic (exact) mass is 230 g/mol. The van der Waals surface area contributed by atoms with Gasteiger partial charge in [-0.25, -0.2) is 0 Å². The fourth-order valence-corrected chi connectivity index (χ4v) is 1.91. The molecule has 0 bridgehead atoms. The fraction of sp³-hybridized carbons (Fsp3) is 0.467. The van der Waals surface area contributed by atoms with Crippen LogP contribution in [0.1, 0.15) is 36.0 Å². The lowest BCUT2D eigenvalue weighted by molar-refractivity contribution is 0.479. The molecule has 3 N–H and O–H groups in total. The zero-order valence-corrected chi connectivity index (χ0v) is 10.8. The van der Waals surface area contributed by atoms with Gasteiger partial charge in [0.1, 0.15) is 0 Å². The maximum Gasteiger partial charge on any atom is 0.0251 e. The van der Waals surface area contributed by atoms with Crippen LogP contribution >= 0.6 is 0 Å². The van der Waals surface area contributed by atoms with Crippen LogP contribution in [0.5, 0.6) is 0 Å². The van der Waals surface area contributed by atoms with E-state index in [0.29, 0.717) is 6.04 Å². The molecule has 0 heterocycles. The van der Waals surface area contributed by atoms with Crippen molar-refractivity contribution in [2.75, 3.05) is 0 Å². The van der Waals surface area contributed by atoms with E-state index in [1.54, 1.807) is 0 Å². The quantitative estimate of drug-likeness (QED) is 0.341. The summed E-state index contributed by atoms with van der Waals surface area (Å²) < 4.78 is 0. The summed E-state index contributed by atoms with van der Waals surface area (Å²) in [6, 6.07) is 6.89. The first-order chi connectivity index (χ1) is 8.17. The summed E-state index contributed by atoms with van der Waals surface area (Å²) in [5, 5.41) is 0. The minimum Gasteiger partial charge on any atom is -0.271 e. The average molecular weight is 230 g/mol. The lowest BCUT2D eigenvalue weighted by Gasteiger charge is -2.16. The van der Waals surface area contributed by atoms with E-state index >= 15 is 0 Å². The summed E-state index contributed by atoms with van der Waals surface area (Å²) in [6.07, 6.45) is 9.07. The predicted octanol–water partition coefficient (Wildman–Crippen LogP) is 2.48. The Morgan fingerprint density at radius 3 is 2.71 bits per heavy atom. The van der Waals surface area contributed by atoms with Crippen molar-refractivity contribution in [2.45, 2.75) is 45.6 Å². The SMILES string of the molecule is C#CCCCC(Cc1ccc(C)c(C)c1)NN. The van der Waals surface area contributed by atoms with Gasteiger partial charge in [0.15, 0.2) is 0 Å². The summed E-state index contributed by atoms with van der Waals surface area (Å²) in [6.45, 7) is 4.27. The first-order valence-corrected chi connectivity index (χ1v) is 6.13. The van der Waals surface area contributed by atoms with Crippen molar-refractivity contribution in [1.29, 1.82) is 0 Å². The van der Waals surface area contributed by atoms with Gasteiger partial charge >= 0.3 is 0 Å². The van der Waals surface area contributed by atoms with Crippen LogP contribution < -0.4 is 11.3 Å². The van der Waals surface area contributed by atoms with Crippen molar-refractivity contribution in [3.05, 3.63) is 34.9 Å². The number of aryl methyl sites for hydroxylation is 2. The third kappa shape index (κ3) is 4.60. The summed E-state index contributed by atoms with van der Waals surface area (Å²) in [7, 11) is 0. The highest BCUT2D eigenvalue weighted by molar-refractivity contribution is 5.30. The number of unbranched alkanes of at least 4 members (excludes halogenated alkanes) is 1. The first kappa shape index (κ1) is 13.8. The summed E-state index contributed by atoms with van der Waals surface area (Å²) >= 11 is 0. The van der Waals surface area contributed by atoms with Crippen LogP contribution in [0.3, 0.4) is 0 Å². The number of hydrogen-bond donors (Lipinski definition) is 2. The molecule has 0 aliphatic carbocycles. The van der Waals surface area contributed by atoms with Crippen molar-refractivity contribution in [3.8, 4) is 12.3 Å². The normalized spacial score (nSPS) is 12.1. The molecule has 0 saturated carbocycles. The third-order valence-corrected chi connectivity index (χ3v) is 3.16. The van der Waals surface area contributed by atoms with Crippen LogP contribution in [0, 0.1) is 26.2 Å². The lowest BCUT2D eigenvalue weighted by atomic mass is 9.98. The molecule has 0 aromatic heterocycles. The highest BCUT2D eigenvalue weighted by Gasteiger charge is 2.07. The maximum absolute atomic E-state index is 5.57. The largest absolute Gasteiger partial charge is 0.271 e. The molecule has 1 atom stereocenters. The minimum atomic E-state index is 0.311. The molecule has 0 radical (unpaired) electrons. The summed E-state index contributed by atoms with van der Waals surface area (Å²) in [4.78, 5) is 0. The van der Waals surface area contributed by atoms with Crippen molar-refractivity contribution in [2.24, 2.45) is 5.84 Å². The molecule has 2 nitrogen and oxygen atoms in total. The topological polar surface area (TPSA) is 38.0 Å². The molecule has 1 aromatic rings. The standard InChI is InChI=1S/C15H22N2/c1-4-5-6-7-15(17-16)11-14-9-8-12(2)13(3)10-14/h1,8-10,15,17H,5-7,11,16H2,2-3H3. The van der Waals surface area contributed by atoms with Gasteiger partial charge in [0.25, 0.3) is 0 Å². The molecule has 1 aromatic carbocycles. The van der Waals surface area contributed by atoms with E-state index in [9.17, 15) is 0 Å². The molecule has 0 aliphatic heterocycles. The highest BCUT2D eigenvalue weighted by Crippen LogP contribution is 2.13. The number of terminal acetylenes is 1. The van der Waals surface area contributed by atoms with Gasteiger partial charge in [-0.3, -0.25) is 11.3 Å². The zero-order chi connectivity index (χ0) is 12.7. The van der Waals surface area contributed by atoms with Gasteiger partial charge in [-0.2, -0.15) is 0 Å². The Morgan fingerprint density at radius 1 is 1.35 bits per heavy atom. The molecule has 0 spiro atoms. The van der Waals surface area contributed by atoms with E-state index in [1.165, 1.54) is 16.7 Å². The first-order valence-electron chi connectivity index (χ1n) is 6.13. The molecule has 0 aliphatic rings. The van der Waals surface area contributed by atoms with Crippen molar-refractivity contribution in [1.82, 2.24) is 5.43 Å². The molecule has 0 fully saturated rings. The van der Waals surface area contributed by atoms with E-state index < -0.39 is 0 Å². The second kappa shape index (κ2) is 7.11. The van der Waals surface area contributed by atoms with E-state index in [2.05, 4.69) is 43.4 Å². The van der Waals surface area contributed by atoms with E-state index in [4.69, 9.17) is 12.3 Å². The van der Waals surface area contributed by atoms with Gasteiger partial charge in [0.2, 0.25) is 0 Å². The van der Waals surface area contributed by atoms with Gasteiger partial charge in [-0.1, -0.05) is 18.2 Å². The Hall–Kier alpha value is -1.30. The molecule has 1 unspecified atom stereocenters. The Balaban J connectivity index is 2.55. The van der Waals surface area contributed by atoms with Gasteiger partial charge in [0, 0.05) is 12.5 Å². The molecule has 1 rings (SSSR count). The van der Waals surface area contributed by atoms with Gasteiger partial charge in [-0.05, 0) is 49.8 Å². The van der Waals surface area contributed by atoms with Gasteiger partial charge in [-0.15, -0.1) is 12.3 Å². The Morgan fingerprint density at radius 2 is 2.12 bits per heavy atom. The molecule has 92 valence electrons. The number of nitrogens with two attached hydrogens (primary N) is 1. The average Bonchev–Trinajstić information content (AvgIpc) is 2.32. The van der Waals surface area contributed by atoms with Crippen molar-refractivity contribution < 1.29 is 0 Å².